The number of nitrogens with zero attached hydrogens (tertiary/aromatic N) is 1. The molecule has 1 saturated heterocycles. The summed E-state index contributed by atoms with van der Waals surface area (Å²) in [6, 6.07) is 5.18. The molecule has 20 heavy (non-hydrogen) atoms. The highest BCUT2D eigenvalue weighted by Crippen LogP contribution is 2.29. The van der Waals surface area contributed by atoms with E-state index < -0.39 is 11.7 Å². The molecule has 0 atom stereocenters. The van der Waals surface area contributed by atoms with E-state index in [0.29, 0.717) is 0 Å². The highest BCUT2D eigenvalue weighted by molar-refractivity contribution is 5.45. The lowest BCUT2D eigenvalue weighted by atomic mass is 10.2. The fourth-order valence-electron chi connectivity index (χ4n) is 2.25. The Balaban J connectivity index is 1.68. The molecule has 1 fully saturated rings. The van der Waals surface area contributed by atoms with E-state index in [9.17, 15) is 13.2 Å². The summed E-state index contributed by atoms with van der Waals surface area (Å²) in [4.78, 5) is 2.39. The van der Waals surface area contributed by atoms with Crippen LogP contribution in [0.2, 0.25) is 0 Å². The van der Waals surface area contributed by atoms with Crippen LogP contribution in [-0.2, 0) is 6.18 Å². The summed E-state index contributed by atoms with van der Waals surface area (Å²) in [6.45, 7) is 6.00. The Labute approximate surface area is 117 Å². The molecule has 3 nitrogen and oxygen atoms in total. The van der Waals surface area contributed by atoms with E-state index >= 15 is 0 Å². The molecule has 0 bridgehead atoms. The van der Waals surface area contributed by atoms with Crippen LogP contribution in [-0.4, -0.2) is 44.2 Å². The van der Waals surface area contributed by atoms with E-state index in [-0.39, 0.29) is 0 Å². The topological polar surface area (TPSA) is 27.3 Å². The fourth-order valence-corrected chi connectivity index (χ4v) is 2.25. The van der Waals surface area contributed by atoms with Gasteiger partial charge in [-0.05, 0) is 37.2 Å². The van der Waals surface area contributed by atoms with Crippen LogP contribution >= 0.6 is 0 Å². The third-order valence-electron chi connectivity index (χ3n) is 3.40. The number of anilines is 1. The predicted octanol–water partition coefficient (Wildman–Crippen LogP) is 2.41. The molecule has 112 valence electrons. The molecular weight excluding hydrogens is 267 g/mol. The van der Waals surface area contributed by atoms with Crippen molar-refractivity contribution in [2.45, 2.75) is 12.6 Å². The Morgan fingerprint density at radius 1 is 1.10 bits per heavy atom. The average molecular weight is 287 g/mol. The van der Waals surface area contributed by atoms with Gasteiger partial charge in [-0.3, -0.25) is 0 Å². The van der Waals surface area contributed by atoms with Gasteiger partial charge >= 0.3 is 6.18 Å². The van der Waals surface area contributed by atoms with Crippen molar-refractivity contribution in [2.75, 3.05) is 44.6 Å². The highest BCUT2D eigenvalue weighted by atomic mass is 19.4. The molecule has 0 spiro atoms. The molecule has 0 amide bonds. The summed E-state index contributed by atoms with van der Waals surface area (Å²) >= 11 is 0. The molecule has 1 heterocycles. The van der Waals surface area contributed by atoms with Crippen LogP contribution in [0.3, 0.4) is 0 Å². The first-order valence-electron chi connectivity index (χ1n) is 6.90. The Morgan fingerprint density at radius 2 is 1.75 bits per heavy atom. The second-order valence-electron chi connectivity index (χ2n) is 4.95. The summed E-state index contributed by atoms with van der Waals surface area (Å²) in [5.74, 6) is 0. The lowest BCUT2D eigenvalue weighted by Gasteiger charge is -2.27. The molecule has 0 unspecified atom stereocenters. The van der Waals surface area contributed by atoms with Gasteiger partial charge in [-0.15, -0.1) is 0 Å². The number of piperazine rings is 1. The Hall–Kier alpha value is -1.27. The van der Waals surface area contributed by atoms with Crippen molar-refractivity contribution in [1.29, 1.82) is 0 Å². The molecule has 6 heteroatoms. The zero-order valence-corrected chi connectivity index (χ0v) is 11.3. The molecule has 2 rings (SSSR count). The molecule has 0 aliphatic carbocycles. The van der Waals surface area contributed by atoms with Crippen molar-refractivity contribution in [1.82, 2.24) is 10.2 Å². The number of rotatable bonds is 5. The first kappa shape index (κ1) is 15.1. The highest BCUT2D eigenvalue weighted by Gasteiger charge is 2.29. The van der Waals surface area contributed by atoms with Crippen molar-refractivity contribution >= 4 is 5.69 Å². The van der Waals surface area contributed by atoms with Crippen molar-refractivity contribution in [2.24, 2.45) is 0 Å². The second kappa shape index (κ2) is 6.95. The minimum Gasteiger partial charge on any atom is -0.385 e. The van der Waals surface area contributed by atoms with E-state index in [2.05, 4.69) is 15.5 Å². The normalized spacial score (nSPS) is 17.1. The SMILES string of the molecule is FC(F)(F)c1ccc(NCCCN2CCNCC2)cc1. The quantitative estimate of drug-likeness (QED) is 0.814. The molecule has 2 N–H and O–H groups in total. The maximum absolute atomic E-state index is 12.4. The van der Waals surface area contributed by atoms with E-state index in [1.54, 1.807) is 0 Å². The maximum Gasteiger partial charge on any atom is 0.416 e. The molecule has 1 aliphatic heterocycles. The molecule has 0 radical (unpaired) electrons. The van der Waals surface area contributed by atoms with Crippen molar-refractivity contribution in [3.05, 3.63) is 29.8 Å². The minimum absolute atomic E-state index is 0.608. The van der Waals surface area contributed by atoms with Crippen molar-refractivity contribution < 1.29 is 13.2 Å². The van der Waals surface area contributed by atoms with Crippen LogP contribution < -0.4 is 10.6 Å². The lowest BCUT2D eigenvalue weighted by Crippen LogP contribution is -2.44. The number of nitrogens with one attached hydrogen (secondary N) is 2. The smallest absolute Gasteiger partial charge is 0.385 e. The molecule has 1 aromatic carbocycles. The van der Waals surface area contributed by atoms with Gasteiger partial charge in [0.2, 0.25) is 0 Å². The van der Waals surface area contributed by atoms with Gasteiger partial charge < -0.3 is 15.5 Å². The zero-order chi connectivity index (χ0) is 14.4. The molecule has 0 aromatic heterocycles. The third-order valence-corrected chi connectivity index (χ3v) is 3.40. The van der Waals surface area contributed by atoms with Crippen LogP contribution in [0.25, 0.3) is 0 Å². The Kier molecular flexibility index (Phi) is 5.25. The Bertz CT molecular complexity index is 397. The van der Waals surface area contributed by atoms with Gasteiger partial charge in [0.25, 0.3) is 0 Å². The standard InChI is InChI=1S/C14H20F3N3/c15-14(16,17)12-2-4-13(5-3-12)19-6-1-9-20-10-7-18-8-11-20/h2-5,18-19H,1,6-11H2. The summed E-state index contributed by atoms with van der Waals surface area (Å²) in [6.07, 6.45) is -3.28. The number of hydrogen-bond donors (Lipinski definition) is 2. The number of benzene rings is 1. The first-order chi connectivity index (χ1) is 9.55. The summed E-state index contributed by atoms with van der Waals surface area (Å²) in [5, 5.41) is 6.45. The van der Waals surface area contributed by atoms with Crippen LogP contribution in [0.1, 0.15) is 12.0 Å². The molecule has 0 saturated carbocycles. The predicted molar refractivity (Wildman–Crippen MR) is 73.9 cm³/mol. The van der Waals surface area contributed by atoms with Gasteiger partial charge in [-0.25, -0.2) is 0 Å². The lowest BCUT2D eigenvalue weighted by molar-refractivity contribution is -0.137. The summed E-state index contributed by atoms with van der Waals surface area (Å²) in [7, 11) is 0. The summed E-state index contributed by atoms with van der Waals surface area (Å²) in [5.41, 5.74) is 0.127. The van der Waals surface area contributed by atoms with Crippen LogP contribution in [0.15, 0.2) is 24.3 Å². The Morgan fingerprint density at radius 3 is 2.35 bits per heavy atom. The number of hydrogen-bond acceptors (Lipinski definition) is 3. The molecule has 1 aromatic rings. The van der Waals surface area contributed by atoms with Gasteiger partial charge in [-0.1, -0.05) is 0 Å². The average Bonchev–Trinajstić information content (AvgIpc) is 2.44. The minimum atomic E-state index is -4.26. The monoisotopic (exact) mass is 287 g/mol. The fraction of sp³-hybridized carbons (Fsp3) is 0.571. The maximum atomic E-state index is 12.4. The second-order valence-corrected chi connectivity index (χ2v) is 4.95. The molecule has 1 aliphatic rings. The molecular formula is C14H20F3N3. The van der Waals surface area contributed by atoms with Crippen LogP contribution in [0.5, 0.6) is 0 Å². The van der Waals surface area contributed by atoms with Gasteiger partial charge in [0, 0.05) is 38.4 Å². The van der Waals surface area contributed by atoms with E-state index in [1.165, 1.54) is 12.1 Å². The largest absolute Gasteiger partial charge is 0.416 e. The van der Waals surface area contributed by atoms with Crippen LogP contribution in [0.4, 0.5) is 18.9 Å². The number of alkyl halides is 3. The first-order valence-corrected chi connectivity index (χ1v) is 6.90. The van der Waals surface area contributed by atoms with Crippen molar-refractivity contribution in [3.8, 4) is 0 Å². The summed E-state index contributed by atoms with van der Waals surface area (Å²) < 4.78 is 37.2. The van der Waals surface area contributed by atoms with Crippen molar-refractivity contribution in [3.63, 3.8) is 0 Å². The van der Waals surface area contributed by atoms with Crippen LogP contribution in [0, 0.1) is 0 Å². The van der Waals surface area contributed by atoms with Gasteiger partial charge in [0.15, 0.2) is 0 Å². The number of halogens is 3. The van der Waals surface area contributed by atoms with Gasteiger partial charge in [0.05, 0.1) is 5.56 Å². The van der Waals surface area contributed by atoms with E-state index in [0.717, 1.165) is 63.5 Å². The van der Waals surface area contributed by atoms with Gasteiger partial charge in [0.1, 0.15) is 0 Å². The third kappa shape index (κ3) is 4.68. The van der Waals surface area contributed by atoms with E-state index in [1.807, 2.05) is 0 Å². The van der Waals surface area contributed by atoms with Gasteiger partial charge in [-0.2, -0.15) is 13.2 Å². The van der Waals surface area contributed by atoms with E-state index in [4.69, 9.17) is 0 Å². The zero-order valence-electron chi connectivity index (χ0n) is 11.3.